The Bertz CT molecular complexity index is 332. The van der Waals surface area contributed by atoms with E-state index in [1.54, 1.807) is 19.1 Å². The van der Waals surface area contributed by atoms with E-state index in [0.717, 1.165) is 0 Å². The molecule has 0 heterocycles. The fourth-order valence-electron chi connectivity index (χ4n) is 0.949. The molecular weight excluding hydrogens is 244 g/mol. The molecule has 86 valence electrons. The summed E-state index contributed by atoms with van der Waals surface area (Å²) in [5, 5.41) is 0. The Morgan fingerprint density at radius 1 is 1.19 bits per heavy atom. The number of rotatable bonds is 2. The predicted octanol–water partition coefficient (Wildman–Crippen LogP) is 3.12. The van der Waals surface area contributed by atoms with E-state index in [4.69, 9.17) is 4.74 Å². The number of carbonyl (C=O) groups is 1. The van der Waals surface area contributed by atoms with Gasteiger partial charge < -0.3 is 9.53 Å². The van der Waals surface area contributed by atoms with E-state index in [9.17, 15) is 4.79 Å². The second-order valence-corrected chi connectivity index (χ2v) is 2.91. The molecule has 0 saturated carbocycles. The first-order valence-corrected chi connectivity index (χ1v) is 4.92. The number of esters is 1. The largest absolute Gasteiger partial charge is 2.00 e. The van der Waals surface area contributed by atoms with Crippen molar-refractivity contribution in [1.29, 1.82) is 0 Å². The third kappa shape index (κ3) is 6.23. The third-order valence-corrected chi connectivity index (χ3v) is 1.71. The zero-order valence-electron chi connectivity index (χ0n) is 9.07. The molecule has 2 aromatic carbocycles. The van der Waals surface area contributed by atoms with Gasteiger partial charge in [-0.05, 0) is 0 Å². The van der Waals surface area contributed by atoms with Gasteiger partial charge in [0.05, 0.1) is 0 Å². The number of ether oxygens (including phenoxy) is 1. The molecular formula is C13H14FeO2. The molecule has 3 heteroatoms. The Labute approximate surface area is 106 Å². The maximum absolute atomic E-state index is 10.7. The van der Waals surface area contributed by atoms with Crippen LogP contribution in [0.4, 0.5) is 0 Å². The van der Waals surface area contributed by atoms with Crippen LogP contribution in [-0.4, -0.2) is 5.97 Å². The first kappa shape index (κ1) is 14.7. The van der Waals surface area contributed by atoms with Crippen LogP contribution < -0.4 is 4.74 Å². The van der Waals surface area contributed by atoms with Gasteiger partial charge in [0, 0.05) is 12.2 Å². The van der Waals surface area contributed by atoms with Crippen molar-refractivity contribution in [2.24, 2.45) is 0 Å². The minimum atomic E-state index is -0.189. The van der Waals surface area contributed by atoms with Crippen molar-refractivity contribution in [2.75, 3.05) is 0 Å². The van der Waals surface area contributed by atoms with Crippen LogP contribution in [-0.2, 0) is 21.9 Å². The van der Waals surface area contributed by atoms with Crippen molar-refractivity contribution in [3.05, 3.63) is 54.6 Å². The first-order chi connectivity index (χ1) is 7.33. The van der Waals surface area contributed by atoms with E-state index in [2.05, 4.69) is 0 Å². The summed E-state index contributed by atoms with van der Waals surface area (Å²) in [7, 11) is 0. The average molecular weight is 258 g/mol. The Hall–Kier alpha value is -1.31. The summed E-state index contributed by atoms with van der Waals surface area (Å²) in [5.74, 6) is 0.443. The molecule has 2 rings (SSSR count). The molecule has 0 aliphatic heterocycles. The van der Waals surface area contributed by atoms with E-state index in [0.29, 0.717) is 12.2 Å². The fraction of sp³-hybridized carbons (Fsp3) is 0.154. The van der Waals surface area contributed by atoms with Crippen molar-refractivity contribution in [3.63, 3.8) is 0 Å². The maximum atomic E-state index is 10.7. The molecule has 0 unspecified atom stereocenters. The normalized spacial score (nSPS) is 8.31. The molecule has 0 spiro atoms. The van der Waals surface area contributed by atoms with Crippen molar-refractivity contribution in [1.82, 2.24) is 0 Å². The zero-order chi connectivity index (χ0) is 10.9. The van der Waals surface area contributed by atoms with Gasteiger partial charge >= 0.3 is 17.1 Å². The Morgan fingerprint density at radius 2 is 1.75 bits per heavy atom. The summed E-state index contributed by atoms with van der Waals surface area (Å²) in [6, 6.07) is 17.2. The Morgan fingerprint density at radius 3 is 2.12 bits per heavy atom. The van der Waals surface area contributed by atoms with E-state index < -0.39 is 0 Å². The second-order valence-electron chi connectivity index (χ2n) is 2.91. The summed E-state index contributed by atoms with van der Waals surface area (Å²) in [6.07, 6.45) is 0.422. The van der Waals surface area contributed by atoms with Gasteiger partial charge in [0.15, 0.2) is 0 Å². The number of carbonyl (C=O) groups excluding carboxylic acids is 1. The Balaban J connectivity index is 0.000000318. The summed E-state index contributed by atoms with van der Waals surface area (Å²) in [5.41, 5.74) is 0. The maximum Gasteiger partial charge on any atom is 2.00 e. The number of hydrogen-bond donors (Lipinski definition) is 0. The monoisotopic (exact) mass is 258 g/mol. The van der Waals surface area contributed by atoms with Gasteiger partial charge in [-0.3, -0.25) is 0 Å². The van der Waals surface area contributed by atoms with Gasteiger partial charge in [0.2, 0.25) is 5.97 Å². The van der Waals surface area contributed by atoms with Gasteiger partial charge in [-0.1, -0.05) is 6.92 Å². The van der Waals surface area contributed by atoms with Crippen LogP contribution in [0.3, 0.4) is 0 Å². The van der Waals surface area contributed by atoms with Gasteiger partial charge in [0.1, 0.15) is 0 Å². The molecule has 0 aliphatic rings. The predicted molar refractivity (Wildman–Crippen MR) is 60.0 cm³/mol. The van der Waals surface area contributed by atoms with Crippen molar-refractivity contribution in [2.45, 2.75) is 13.3 Å². The van der Waals surface area contributed by atoms with E-state index in [-0.39, 0.29) is 23.0 Å². The van der Waals surface area contributed by atoms with Crippen LogP contribution in [0.1, 0.15) is 13.3 Å². The standard InChI is InChI=1S/C8H9O2.C5H5.Fe/c1-2-8(9)10-7-5-3-4-6-7;1-2-4-5-3-1;/h3-6H,2H2,1H3;1-5H;/q2*-1;+2. The van der Waals surface area contributed by atoms with E-state index >= 15 is 0 Å². The zero-order valence-corrected chi connectivity index (χ0v) is 10.2. The minimum absolute atomic E-state index is 0. The molecule has 0 amide bonds. The SMILES string of the molecule is CCC(=O)O[c-]1cccc1.[Fe+2].c1cc[cH-]c1. The van der Waals surface area contributed by atoms with Gasteiger partial charge in [-0.2, -0.15) is 30.3 Å². The van der Waals surface area contributed by atoms with Crippen LogP contribution in [0.5, 0.6) is 5.75 Å². The van der Waals surface area contributed by atoms with Gasteiger partial charge in [-0.25, -0.2) is 12.1 Å². The van der Waals surface area contributed by atoms with Gasteiger partial charge in [-0.15, -0.1) is 12.1 Å². The van der Waals surface area contributed by atoms with E-state index in [1.165, 1.54) is 0 Å². The quantitative estimate of drug-likeness (QED) is 0.470. The summed E-state index contributed by atoms with van der Waals surface area (Å²) >= 11 is 0. The molecule has 2 nitrogen and oxygen atoms in total. The minimum Gasteiger partial charge on any atom is -0.518 e. The van der Waals surface area contributed by atoms with Crippen LogP contribution in [0.15, 0.2) is 54.6 Å². The summed E-state index contributed by atoms with van der Waals surface area (Å²) < 4.78 is 4.86. The Kier molecular flexibility index (Phi) is 8.22. The fourth-order valence-corrected chi connectivity index (χ4v) is 0.949. The summed E-state index contributed by atoms with van der Waals surface area (Å²) in [6.45, 7) is 1.77. The molecule has 16 heavy (non-hydrogen) atoms. The second kappa shape index (κ2) is 8.95. The van der Waals surface area contributed by atoms with E-state index in [1.807, 2.05) is 42.5 Å². The third-order valence-electron chi connectivity index (χ3n) is 1.71. The molecule has 0 aliphatic carbocycles. The average Bonchev–Trinajstić information content (AvgIpc) is 2.92. The van der Waals surface area contributed by atoms with Crippen LogP contribution >= 0.6 is 0 Å². The molecule has 0 saturated heterocycles. The topological polar surface area (TPSA) is 26.3 Å². The van der Waals surface area contributed by atoms with Crippen molar-refractivity contribution in [3.8, 4) is 5.75 Å². The summed E-state index contributed by atoms with van der Waals surface area (Å²) in [4.78, 5) is 10.7. The van der Waals surface area contributed by atoms with Crippen LogP contribution in [0, 0.1) is 0 Å². The molecule has 0 radical (unpaired) electrons. The first-order valence-electron chi connectivity index (χ1n) is 4.92. The van der Waals surface area contributed by atoms with Crippen LogP contribution in [0.25, 0.3) is 0 Å². The number of hydrogen-bond acceptors (Lipinski definition) is 2. The van der Waals surface area contributed by atoms with Crippen molar-refractivity contribution >= 4 is 5.97 Å². The molecule has 0 aromatic heterocycles. The smallest absolute Gasteiger partial charge is 0.518 e. The molecule has 2 aromatic rings. The molecule has 0 fully saturated rings. The molecule has 0 N–H and O–H groups in total. The van der Waals surface area contributed by atoms with Crippen LogP contribution in [0.2, 0.25) is 0 Å². The molecule has 0 atom stereocenters. The van der Waals surface area contributed by atoms with Crippen molar-refractivity contribution < 1.29 is 26.6 Å². The molecule has 0 bridgehead atoms. The van der Waals surface area contributed by atoms with Gasteiger partial charge in [0.25, 0.3) is 0 Å².